The quantitative estimate of drug-likeness (QED) is 0.678. The van der Waals surface area contributed by atoms with Crippen molar-refractivity contribution >= 4 is 29.4 Å². The molecule has 0 aliphatic rings. The maximum Gasteiger partial charge on any atom is 0.419 e. The lowest BCUT2D eigenvalue weighted by molar-refractivity contribution is -0.108. The second kappa shape index (κ2) is 8.27. The zero-order valence-electron chi connectivity index (χ0n) is 18.2. The second-order valence-electron chi connectivity index (χ2n) is 8.96. The molecule has 0 spiro atoms. The fraction of sp³-hybridized carbons (Fsp3) is 0.500. The second-order valence-corrected chi connectivity index (χ2v) is 8.96. The van der Waals surface area contributed by atoms with Crippen molar-refractivity contribution in [2.24, 2.45) is 0 Å². The van der Waals surface area contributed by atoms with Gasteiger partial charge in [-0.1, -0.05) is 18.2 Å². The summed E-state index contributed by atoms with van der Waals surface area (Å²) in [6.07, 6.45) is 1.39. The van der Waals surface area contributed by atoms with Crippen molar-refractivity contribution < 1.29 is 23.9 Å². The summed E-state index contributed by atoms with van der Waals surface area (Å²) in [6.45, 7) is 10.7. The number of nitrogens with zero attached hydrogens (tertiary/aromatic N) is 2. The van der Waals surface area contributed by atoms with Crippen LogP contribution in [-0.4, -0.2) is 46.2 Å². The SMILES string of the molecule is CN(C(=O)OC(C)(C)C)C(CC=O)c1cn(C(=O)OC(C)(C)C)c2ccccc12. The van der Waals surface area contributed by atoms with Gasteiger partial charge in [0.05, 0.1) is 11.6 Å². The summed E-state index contributed by atoms with van der Waals surface area (Å²) in [7, 11) is 1.59. The lowest BCUT2D eigenvalue weighted by atomic mass is 10.0. The van der Waals surface area contributed by atoms with Crippen LogP contribution in [0.2, 0.25) is 0 Å². The van der Waals surface area contributed by atoms with Gasteiger partial charge in [-0.15, -0.1) is 0 Å². The highest BCUT2D eigenvalue weighted by molar-refractivity contribution is 5.92. The smallest absolute Gasteiger partial charge is 0.419 e. The molecule has 1 atom stereocenters. The molecule has 0 N–H and O–H groups in total. The predicted molar refractivity (Wildman–Crippen MR) is 111 cm³/mol. The number of aldehydes is 1. The molecular formula is C22H30N2O5. The molecule has 7 nitrogen and oxygen atoms in total. The molecule has 7 heteroatoms. The first kappa shape index (κ1) is 22.5. The molecule has 1 unspecified atom stereocenters. The van der Waals surface area contributed by atoms with Crippen molar-refractivity contribution in [3.63, 3.8) is 0 Å². The number of carbonyl (C=O) groups is 3. The Labute approximate surface area is 171 Å². The minimum atomic E-state index is -0.665. The van der Waals surface area contributed by atoms with E-state index in [1.807, 2.05) is 18.2 Å². The Morgan fingerprint density at radius 3 is 2.21 bits per heavy atom. The first-order valence-electron chi connectivity index (χ1n) is 9.57. The minimum absolute atomic E-state index is 0.0675. The molecule has 2 aromatic rings. The minimum Gasteiger partial charge on any atom is -0.444 e. The van der Waals surface area contributed by atoms with Crippen LogP contribution in [0.3, 0.4) is 0 Å². The van der Waals surface area contributed by atoms with E-state index in [-0.39, 0.29) is 6.42 Å². The largest absolute Gasteiger partial charge is 0.444 e. The van der Waals surface area contributed by atoms with Crippen LogP contribution in [0.1, 0.15) is 59.6 Å². The van der Waals surface area contributed by atoms with Gasteiger partial charge in [-0.2, -0.15) is 0 Å². The molecule has 1 aromatic carbocycles. The lowest BCUT2D eigenvalue weighted by Gasteiger charge is -2.29. The highest BCUT2D eigenvalue weighted by Crippen LogP contribution is 2.32. The monoisotopic (exact) mass is 402 g/mol. The Morgan fingerprint density at radius 1 is 1.07 bits per heavy atom. The number of ether oxygens (including phenoxy) is 2. The number of hydrogen-bond donors (Lipinski definition) is 0. The Hall–Kier alpha value is -2.83. The van der Waals surface area contributed by atoms with Crippen molar-refractivity contribution in [2.75, 3.05) is 7.05 Å². The topological polar surface area (TPSA) is 77.8 Å². The summed E-state index contributed by atoms with van der Waals surface area (Å²) >= 11 is 0. The number of benzene rings is 1. The predicted octanol–water partition coefficient (Wildman–Crippen LogP) is 4.92. The third-order valence-electron chi connectivity index (χ3n) is 4.16. The number of amides is 1. The molecule has 29 heavy (non-hydrogen) atoms. The lowest BCUT2D eigenvalue weighted by Crippen LogP contribution is -2.36. The van der Waals surface area contributed by atoms with Gasteiger partial charge >= 0.3 is 12.2 Å². The van der Waals surface area contributed by atoms with E-state index in [4.69, 9.17) is 9.47 Å². The van der Waals surface area contributed by atoms with Gasteiger partial charge in [0.2, 0.25) is 0 Å². The number of carbonyl (C=O) groups excluding carboxylic acids is 3. The van der Waals surface area contributed by atoms with E-state index in [2.05, 4.69) is 0 Å². The zero-order valence-corrected chi connectivity index (χ0v) is 18.2. The molecule has 0 bridgehead atoms. The summed E-state index contributed by atoms with van der Waals surface area (Å²) in [5.41, 5.74) is -0.00292. The van der Waals surface area contributed by atoms with Crippen LogP contribution in [0.15, 0.2) is 30.5 Å². The fourth-order valence-corrected chi connectivity index (χ4v) is 2.98. The van der Waals surface area contributed by atoms with Crippen LogP contribution in [0.4, 0.5) is 9.59 Å². The van der Waals surface area contributed by atoms with E-state index in [1.54, 1.807) is 60.9 Å². The summed E-state index contributed by atoms with van der Waals surface area (Å²) in [5.74, 6) is 0. The van der Waals surface area contributed by atoms with E-state index in [0.717, 1.165) is 11.7 Å². The van der Waals surface area contributed by atoms with Crippen LogP contribution in [0.25, 0.3) is 10.9 Å². The van der Waals surface area contributed by atoms with Gasteiger partial charge in [-0.25, -0.2) is 9.59 Å². The molecule has 1 amide bonds. The first-order valence-corrected chi connectivity index (χ1v) is 9.57. The highest BCUT2D eigenvalue weighted by atomic mass is 16.6. The summed E-state index contributed by atoms with van der Waals surface area (Å²) < 4.78 is 12.4. The molecule has 0 saturated carbocycles. The van der Waals surface area contributed by atoms with Gasteiger partial charge in [0.1, 0.15) is 17.5 Å². The van der Waals surface area contributed by atoms with Crippen LogP contribution in [0, 0.1) is 0 Å². The van der Waals surface area contributed by atoms with Crippen LogP contribution in [-0.2, 0) is 14.3 Å². The van der Waals surface area contributed by atoms with Gasteiger partial charge in [0, 0.05) is 30.6 Å². The third kappa shape index (κ3) is 5.59. The van der Waals surface area contributed by atoms with E-state index in [0.29, 0.717) is 11.1 Å². The molecule has 0 fully saturated rings. The molecule has 158 valence electrons. The third-order valence-corrected chi connectivity index (χ3v) is 4.16. The molecule has 0 aliphatic heterocycles. The van der Waals surface area contributed by atoms with Crippen molar-refractivity contribution in [3.8, 4) is 0 Å². The number of rotatable bonds is 4. The van der Waals surface area contributed by atoms with E-state index in [1.165, 1.54) is 9.47 Å². The molecular weight excluding hydrogens is 372 g/mol. The zero-order chi connectivity index (χ0) is 22.0. The van der Waals surface area contributed by atoms with E-state index in [9.17, 15) is 14.4 Å². The Balaban J connectivity index is 2.52. The molecule has 0 saturated heterocycles. The Bertz CT molecular complexity index is 902. The Morgan fingerprint density at radius 2 is 1.66 bits per heavy atom. The Kier molecular flexibility index (Phi) is 6.40. The molecule has 1 aromatic heterocycles. The van der Waals surface area contributed by atoms with E-state index >= 15 is 0 Å². The standard InChI is InChI=1S/C22H30N2O5/c1-21(2,3)28-19(26)23(7)17(12-13-25)16-14-24(20(27)29-22(4,5)6)18-11-9-8-10-15(16)18/h8-11,13-14,17H,12H2,1-7H3. The summed E-state index contributed by atoms with van der Waals surface area (Å²) in [4.78, 5) is 38.1. The average Bonchev–Trinajstić information content (AvgIpc) is 2.96. The molecule has 0 radical (unpaired) electrons. The van der Waals surface area contributed by atoms with Crippen LogP contribution in [0.5, 0.6) is 0 Å². The van der Waals surface area contributed by atoms with E-state index < -0.39 is 29.4 Å². The van der Waals surface area contributed by atoms with Crippen molar-refractivity contribution in [1.82, 2.24) is 9.47 Å². The van der Waals surface area contributed by atoms with Gasteiger partial charge in [-0.3, -0.25) is 4.57 Å². The first-order chi connectivity index (χ1) is 13.3. The fourth-order valence-electron chi connectivity index (χ4n) is 2.98. The van der Waals surface area contributed by atoms with Crippen LogP contribution >= 0.6 is 0 Å². The van der Waals surface area contributed by atoms with Crippen LogP contribution < -0.4 is 0 Å². The maximum absolute atomic E-state index is 12.7. The van der Waals surface area contributed by atoms with Crippen molar-refractivity contribution in [3.05, 3.63) is 36.0 Å². The van der Waals surface area contributed by atoms with Gasteiger partial charge < -0.3 is 19.2 Å². The van der Waals surface area contributed by atoms with Crippen molar-refractivity contribution in [2.45, 2.75) is 65.2 Å². The summed E-state index contributed by atoms with van der Waals surface area (Å²) in [6, 6.07) is 6.73. The molecule has 1 heterocycles. The normalized spacial score (nSPS) is 13.1. The van der Waals surface area contributed by atoms with Gasteiger partial charge in [0.25, 0.3) is 0 Å². The molecule has 2 rings (SSSR count). The van der Waals surface area contributed by atoms with Gasteiger partial charge in [0.15, 0.2) is 0 Å². The van der Waals surface area contributed by atoms with Crippen molar-refractivity contribution in [1.29, 1.82) is 0 Å². The number of aromatic nitrogens is 1. The maximum atomic E-state index is 12.7. The molecule has 0 aliphatic carbocycles. The highest BCUT2D eigenvalue weighted by Gasteiger charge is 2.30. The number of para-hydroxylation sites is 1. The number of fused-ring (bicyclic) bond motifs is 1. The number of hydrogen-bond acceptors (Lipinski definition) is 5. The summed E-state index contributed by atoms with van der Waals surface area (Å²) in [5, 5.41) is 0.764. The average molecular weight is 402 g/mol. The van der Waals surface area contributed by atoms with Gasteiger partial charge in [-0.05, 0) is 47.6 Å².